The number of nitrogens with zero attached hydrogens (tertiary/aromatic N) is 2. The third-order valence-corrected chi connectivity index (χ3v) is 5.29. The van der Waals surface area contributed by atoms with Crippen molar-refractivity contribution in [2.45, 2.75) is 11.8 Å². The zero-order chi connectivity index (χ0) is 16.2. The molecule has 1 atom stereocenters. The first-order chi connectivity index (χ1) is 11.1. The molecule has 2 amide bonds. The van der Waals surface area contributed by atoms with E-state index in [2.05, 4.69) is 0 Å². The Kier molecular flexibility index (Phi) is 5.17. The number of hydrogen-bond donors (Lipinski definition) is 0. The SMILES string of the molecule is O=C(CCN1C(=O)CS[C@@H]1c1cccc(F)c1)N1CCOCC1. The van der Waals surface area contributed by atoms with Crippen molar-refractivity contribution in [1.29, 1.82) is 0 Å². The first-order valence-electron chi connectivity index (χ1n) is 7.67. The summed E-state index contributed by atoms with van der Waals surface area (Å²) in [6, 6.07) is 6.30. The van der Waals surface area contributed by atoms with E-state index in [0.717, 1.165) is 5.56 Å². The summed E-state index contributed by atoms with van der Waals surface area (Å²) in [4.78, 5) is 27.8. The average molecular weight is 338 g/mol. The maximum atomic E-state index is 13.4. The number of rotatable bonds is 4. The molecule has 23 heavy (non-hydrogen) atoms. The molecule has 0 radical (unpaired) electrons. The third kappa shape index (κ3) is 3.84. The predicted octanol–water partition coefficient (Wildman–Crippen LogP) is 1.65. The van der Waals surface area contributed by atoms with Crippen molar-refractivity contribution in [2.75, 3.05) is 38.6 Å². The van der Waals surface area contributed by atoms with Gasteiger partial charge in [0.1, 0.15) is 11.2 Å². The van der Waals surface area contributed by atoms with Gasteiger partial charge in [0.2, 0.25) is 11.8 Å². The monoisotopic (exact) mass is 338 g/mol. The van der Waals surface area contributed by atoms with Gasteiger partial charge in [0.15, 0.2) is 0 Å². The van der Waals surface area contributed by atoms with Gasteiger partial charge in [-0.25, -0.2) is 4.39 Å². The number of morpholine rings is 1. The molecule has 3 rings (SSSR count). The van der Waals surface area contributed by atoms with E-state index < -0.39 is 0 Å². The van der Waals surface area contributed by atoms with E-state index >= 15 is 0 Å². The fourth-order valence-corrected chi connectivity index (χ4v) is 4.03. The topological polar surface area (TPSA) is 49.9 Å². The maximum absolute atomic E-state index is 13.4. The lowest BCUT2D eigenvalue weighted by Crippen LogP contribution is -2.42. The van der Waals surface area contributed by atoms with Crippen molar-refractivity contribution in [3.05, 3.63) is 35.6 Å². The molecule has 0 aromatic heterocycles. The fraction of sp³-hybridized carbons (Fsp3) is 0.500. The van der Waals surface area contributed by atoms with Crippen molar-refractivity contribution in [2.24, 2.45) is 0 Å². The Balaban J connectivity index is 1.62. The summed E-state index contributed by atoms with van der Waals surface area (Å²) in [7, 11) is 0. The molecule has 2 fully saturated rings. The largest absolute Gasteiger partial charge is 0.378 e. The van der Waals surface area contributed by atoms with Crippen LogP contribution in [0.1, 0.15) is 17.4 Å². The van der Waals surface area contributed by atoms with Crippen molar-refractivity contribution in [3.63, 3.8) is 0 Å². The molecule has 2 aliphatic rings. The van der Waals surface area contributed by atoms with Crippen molar-refractivity contribution in [1.82, 2.24) is 9.80 Å². The van der Waals surface area contributed by atoms with Crippen LogP contribution in [0.5, 0.6) is 0 Å². The van der Waals surface area contributed by atoms with Crippen LogP contribution in [0.25, 0.3) is 0 Å². The van der Waals surface area contributed by atoms with E-state index in [1.807, 2.05) is 6.07 Å². The zero-order valence-corrected chi connectivity index (χ0v) is 13.6. The van der Waals surface area contributed by atoms with Crippen LogP contribution in [-0.4, -0.2) is 60.2 Å². The second-order valence-corrected chi connectivity index (χ2v) is 6.62. The molecular weight excluding hydrogens is 319 g/mol. The Morgan fingerprint density at radius 3 is 2.87 bits per heavy atom. The van der Waals surface area contributed by atoms with E-state index in [-0.39, 0.29) is 29.4 Å². The predicted molar refractivity (Wildman–Crippen MR) is 85.3 cm³/mol. The third-order valence-electron chi connectivity index (χ3n) is 4.03. The highest BCUT2D eigenvalue weighted by Gasteiger charge is 2.33. The van der Waals surface area contributed by atoms with Gasteiger partial charge in [-0.2, -0.15) is 0 Å². The molecule has 0 N–H and O–H groups in total. The Morgan fingerprint density at radius 2 is 2.13 bits per heavy atom. The average Bonchev–Trinajstić information content (AvgIpc) is 2.94. The molecule has 7 heteroatoms. The van der Waals surface area contributed by atoms with Crippen molar-refractivity contribution < 1.29 is 18.7 Å². The quantitative estimate of drug-likeness (QED) is 0.838. The maximum Gasteiger partial charge on any atom is 0.233 e. The highest BCUT2D eigenvalue weighted by atomic mass is 32.2. The molecule has 1 aromatic carbocycles. The summed E-state index contributed by atoms with van der Waals surface area (Å²) in [5.41, 5.74) is 0.764. The van der Waals surface area contributed by atoms with Crippen LogP contribution in [0.3, 0.4) is 0 Å². The number of thioether (sulfide) groups is 1. The van der Waals surface area contributed by atoms with E-state index in [9.17, 15) is 14.0 Å². The van der Waals surface area contributed by atoms with Crippen molar-refractivity contribution >= 4 is 23.6 Å². The minimum Gasteiger partial charge on any atom is -0.378 e. The molecule has 0 saturated carbocycles. The molecule has 0 unspecified atom stereocenters. The minimum absolute atomic E-state index is 0.000890. The molecule has 0 spiro atoms. The number of ether oxygens (including phenoxy) is 1. The molecule has 1 aromatic rings. The summed E-state index contributed by atoms with van der Waals surface area (Å²) in [6.07, 6.45) is 0.290. The molecule has 2 saturated heterocycles. The van der Waals surface area contributed by atoms with Crippen LogP contribution in [0.15, 0.2) is 24.3 Å². The van der Waals surface area contributed by atoms with Crippen LogP contribution in [0.4, 0.5) is 4.39 Å². The van der Waals surface area contributed by atoms with Crippen LogP contribution in [0.2, 0.25) is 0 Å². The number of benzene rings is 1. The lowest BCUT2D eigenvalue weighted by Gasteiger charge is -2.29. The normalized spacial score (nSPS) is 21.8. The molecule has 5 nitrogen and oxygen atoms in total. The zero-order valence-electron chi connectivity index (χ0n) is 12.7. The Labute approximate surface area is 138 Å². The summed E-state index contributed by atoms with van der Waals surface area (Å²) in [6.45, 7) is 2.71. The van der Waals surface area contributed by atoms with Crippen LogP contribution < -0.4 is 0 Å². The molecular formula is C16H19FN2O3S. The lowest BCUT2D eigenvalue weighted by atomic mass is 10.2. The first-order valence-corrected chi connectivity index (χ1v) is 8.72. The fourth-order valence-electron chi connectivity index (χ4n) is 2.82. The van der Waals surface area contributed by atoms with Gasteiger partial charge < -0.3 is 14.5 Å². The van der Waals surface area contributed by atoms with E-state index in [1.54, 1.807) is 15.9 Å². The highest BCUT2D eigenvalue weighted by Crippen LogP contribution is 2.38. The second-order valence-electron chi connectivity index (χ2n) is 5.55. The molecule has 0 bridgehead atoms. The van der Waals surface area contributed by atoms with Crippen LogP contribution >= 0.6 is 11.8 Å². The second kappa shape index (κ2) is 7.31. The highest BCUT2D eigenvalue weighted by molar-refractivity contribution is 8.00. The van der Waals surface area contributed by atoms with Crippen LogP contribution in [0, 0.1) is 5.82 Å². The molecule has 2 aliphatic heterocycles. The van der Waals surface area contributed by atoms with Gasteiger partial charge in [-0.05, 0) is 17.7 Å². The Bertz CT molecular complexity index is 592. The molecule has 124 valence electrons. The summed E-state index contributed by atoms with van der Waals surface area (Å²) in [5.74, 6) is 0.0919. The summed E-state index contributed by atoms with van der Waals surface area (Å²) < 4.78 is 18.7. The molecule has 2 heterocycles. The Hall–Kier alpha value is -1.60. The number of hydrogen-bond acceptors (Lipinski definition) is 4. The molecule has 0 aliphatic carbocycles. The van der Waals surface area contributed by atoms with Crippen molar-refractivity contribution in [3.8, 4) is 0 Å². The summed E-state index contributed by atoms with van der Waals surface area (Å²) >= 11 is 1.47. The van der Waals surface area contributed by atoms with Gasteiger partial charge in [0.25, 0.3) is 0 Å². The lowest BCUT2D eigenvalue weighted by molar-refractivity contribution is -0.136. The van der Waals surface area contributed by atoms with Gasteiger partial charge in [-0.15, -0.1) is 11.8 Å². The standard InChI is InChI=1S/C16H19FN2O3S/c17-13-3-1-2-12(10-13)16-19(15(21)11-23-16)5-4-14(20)18-6-8-22-9-7-18/h1-3,10,16H,4-9,11H2/t16-/m1/s1. The van der Waals surface area contributed by atoms with Gasteiger partial charge in [-0.1, -0.05) is 12.1 Å². The van der Waals surface area contributed by atoms with Gasteiger partial charge >= 0.3 is 0 Å². The van der Waals surface area contributed by atoms with Crippen LogP contribution in [-0.2, 0) is 14.3 Å². The van der Waals surface area contributed by atoms with E-state index in [1.165, 1.54) is 23.9 Å². The van der Waals surface area contributed by atoms with E-state index in [0.29, 0.717) is 38.6 Å². The van der Waals surface area contributed by atoms with Gasteiger partial charge in [-0.3, -0.25) is 9.59 Å². The number of carbonyl (C=O) groups is 2. The first kappa shape index (κ1) is 16.3. The number of amides is 2. The smallest absolute Gasteiger partial charge is 0.233 e. The summed E-state index contributed by atoms with van der Waals surface area (Å²) in [5, 5.41) is -0.212. The minimum atomic E-state index is -0.313. The number of carbonyl (C=O) groups excluding carboxylic acids is 2. The van der Waals surface area contributed by atoms with Gasteiger partial charge in [0, 0.05) is 26.1 Å². The van der Waals surface area contributed by atoms with E-state index in [4.69, 9.17) is 4.74 Å². The number of halogens is 1. The Morgan fingerprint density at radius 1 is 1.35 bits per heavy atom. The van der Waals surface area contributed by atoms with Gasteiger partial charge in [0.05, 0.1) is 19.0 Å².